The molecule has 144 valence electrons. The van der Waals surface area contributed by atoms with Gasteiger partial charge in [-0.3, -0.25) is 4.79 Å². The van der Waals surface area contributed by atoms with E-state index < -0.39 is 28.5 Å². The lowest BCUT2D eigenvalue weighted by atomic mass is 9.88. The van der Waals surface area contributed by atoms with Crippen LogP contribution in [0.1, 0.15) is 34.1 Å². The van der Waals surface area contributed by atoms with Gasteiger partial charge in [-0.1, -0.05) is 13.0 Å². The average Bonchev–Trinajstić information content (AvgIpc) is 3.02. The van der Waals surface area contributed by atoms with Crippen molar-refractivity contribution in [3.8, 4) is 0 Å². The second kappa shape index (κ2) is 7.79. The highest BCUT2D eigenvalue weighted by Crippen LogP contribution is 2.33. The molecule has 1 heterocycles. The van der Waals surface area contributed by atoms with Gasteiger partial charge in [-0.15, -0.1) is 11.3 Å². The number of nitrogens with one attached hydrogen (secondary N) is 1. The first kappa shape index (κ1) is 19.5. The van der Waals surface area contributed by atoms with Crippen molar-refractivity contribution in [2.75, 3.05) is 11.9 Å². The summed E-state index contributed by atoms with van der Waals surface area (Å²) in [5.41, 5.74) is 1.82. The number of primary sulfonamides is 1. The lowest BCUT2D eigenvalue weighted by Crippen LogP contribution is -2.22. The fourth-order valence-electron chi connectivity index (χ4n) is 3.01. The zero-order chi connectivity index (χ0) is 19.6. The van der Waals surface area contributed by atoms with Crippen LogP contribution in [0.3, 0.4) is 0 Å². The molecule has 27 heavy (non-hydrogen) atoms. The topological polar surface area (TPSA) is 116 Å². The van der Waals surface area contributed by atoms with Gasteiger partial charge in [-0.05, 0) is 48.9 Å². The first-order valence-electron chi connectivity index (χ1n) is 8.43. The van der Waals surface area contributed by atoms with Crippen molar-refractivity contribution in [3.05, 3.63) is 45.6 Å². The quantitative estimate of drug-likeness (QED) is 0.737. The SMILES string of the molecule is CC1CCc2c(C(=O)OCC(=O)Nc3cccc(S(N)(=O)=O)c3)csc2C1. The Bertz CT molecular complexity index is 981. The maximum Gasteiger partial charge on any atom is 0.339 e. The maximum absolute atomic E-state index is 12.3. The van der Waals surface area contributed by atoms with E-state index in [9.17, 15) is 18.0 Å². The number of carbonyl (C=O) groups excluding carboxylic acids is 2. The van der Waals surface area contributed by atoms with Gasteiger partial charge < -0.3 is 10.1 Å². The number of nitrogens with two attached hydrogens (primary N) is 1. The molecule has 0 saturated carbocycles. The number of esters is 1. The van der Waals surface area contributed by atoms with E-state index in [0.29, 0.717) is 11.5 Å². The van der Waals surface area contributed by atoms with Crippen molar-refractivity contribution in [2.45, 2.75) is 31.1 Å². The summed E-state index contributed by atoms with van der Waals surface area (Å²) >= 11 is 1.55. The highest BCUT2D eigenvalue weighted by Gasteiger charge is 2.24. The van der Waals surface area contributed by atoms with E-state index in [-0.39, 0.29) is 10.6 Å². The molecule has 7 nitrogen and oxygen atoms in total. The Morgan fingerprint density at radius 1 is 1.37 bits per heavy atom. The van der Waals surface area contributed by atoms with Crippen LogP contribution in [0.4, 0.5) is 5.69 Å². The molecule has 1 unspecified atom stereocenters. The Hall–Kier alpha value is -2.23. The molecule has 1 aliphatic rings. The molecule has 9 heteroatoms. The highest BCUT2D eigenvalue weighted by atomic mass is 32.2. The number of rotatable bonds is 5. The summed E-state index contributed by atoms with van der Waals surface area (Å²) in [5.74, 6) is -0.470. The number of sulfonamides is 1. The standard InChI is InChI=1S/C18H20N2O5S2/c1-11-5-6-14-15(10-26-16(14)7-11)18(22)25-9-17(21)20-12-3-2-4-13(8-12)27(19,23)24/h2-4,8,10-11H,5-7,9H2,1H3,(H,20,21)(H2,19,23,24). The molecule has 0 fully saturated rings. The highest BCUT2D eigenvalue weighted by molar-refractivity contribution is 7.89. The molecule has 1 atom stereocenters. The minimum absolute atomic E-state index is 0.114. The monoisotopic (exact) mass is 408 g/mol. The van der Waals surface area contributed by atoms with E-state index in [1.807, 2.05) is 0 Å². The van der Waals surface area contributed by atoms with Gasteiger partial charge in [0.25, 0.3) is 5.91 Å². The Labute approximate surface area is 161 Å². The van der Waals surface area contributed by atoms with Gasteiger partial charge in [0.15, 0.2) is 6.61 Å². The average molecular weight is 409 g/mol. The first-order chi connectivity index (χ1) is 12.7. The second-order valence-corrected chi connectivity index (χ2v) is 9.12. The fourth-order valence-corrected chi connectivity index (χ4v) is 4.80. The van der Waals surface area contributed by atoms with Gasteiger partial charge in [0.1, 0.15) is 0 Å². The van der Waals surface area contributed by atoms with Crippen LogP contribution >= 0.6 is 11.3 Å². The second-order valence-electron chi connectivity index (χ2n) is 6.60. The summed E-state index contributed by atoms with van der Waals surface area (Å²) in [7, 11) is -3.86. The number of fused-ring (bicyclic) bond motifs is 1. The fraction of sp³-hybridized carbons (Fsp3) is 0.333. The molecular formula is C18H20N2O5S2. The summed E-state index contributed by atoms with van der Waals surface area (Å²) in [6.45, 7) is 1.73. The molecule has 2 aromatic rings. The zero-order valence-corrected chi connectivity index (χ0v) is 16.4. The van der Waals surface area contributed by atoms with Crippen molar-refractivity contribution in [1.29, 1.82) is 0 Å². The third-order valence-corrected chi connectivity index (χ3v) is 6.36. The van der Waals surface area contributed by atoms with Crippen molar-refractivity contribution in [2.24, 2.45) is 11.1 Å². The lowest BCUT2D eigenvalue weighted by molar-refractivity contribution is -0.119. The molecule has 1 aromatic carbocycles. The predicted octanol–water partition coefficient (Wildman–Crippen LogP) is 2.32. The zero-order valence-electron chi connectivity index (χ0n) is 14.7. The third-order valence-electron chi connectivity index (χ3n) is 4.40. The summed E-state index contributed by atoms with van der Waals surface area (Å²) < 4.78 is 27.8. The number of ether oxygens (including phenoxy) is 1. The third kappa shape index (κ3) is 4.74. The molecule has 1 aromatic heterocycles. The summed E-state index contributed by atoms with van der Waals surface area (Å²) in [6, 6.07) is 5.54. The van der Waals surface area contributed by atoms with E-state index in [1.165, 1.54) is 29.1 Å². The van der Waals surface area contributed by atoms with E-state index in [4.69, 9.17) is 9.88 Å². The van der Waals surface area contributed by atoms with Gasteiger partial charge in [-0.2, -0.15) is 0 Å². The van der Waals surface area contributed by atoms with Crippen molar-refractivity contribution < 1.29 is 22.7 Å². The minimum atomic E-state index is -3.86. The van der Waals surface area contributed by atoms with Gasteiger partial charge in [0, 0.05) is 15.9 Å². The smallest absolute Gasteiger partial charge is 0.339 e. The summed E-state index contributed by atoms with van der Waals surface area (Å²) in [4.78, 5) is 25.4. The molecule has 1 amide bonds. The largest absolute Gasteiger partial charge is 0.452 e. The molecule has 0 aliphatic heterocycles. The molecule has 3 N–H and O–H groups in total. The van der Waals surface area contributed by atoms with Crippen LogP contribution in [0.25, 0.3) is 0 Å². The number of hydrogen-bond acceptors (Lipinski definition) is 6. The number of carbonyl (C=O) groups is 2. The van der Waals surface area contributed by atoms with Gasteiger partial charge in [-0.25, -0.2) is 18.4 Å². The van der Waals surface area contributed by atoms with Gasteiger partial charge in [0.05, 0.1) is 10.5 Å². The van der Waals surface area contributed by atoms with Crippen LogP contribution in [-0.2, 0) is 32.4 Å². The van der Waals surface area contributed by atoms with E-state index in [1.54, 1.807) is 16.7 Å². The van der Waals surface area contributed by atoms with Crippen molar-refractivity contribution in [3.63, 3.8) is 0 Å². The Morgan fingerprint density at radius 2 is 2.15 bits per heavy atom. The number of anilines is 1. The van der Waals surface area contributed by atoms with Crippen molar-refractivity contribution >= 4 is 38.9 Å². The minimum Gasteiger partial charge on any atom is -0.452 e. The van der Waals surface area contributed by atoms with Crippen LogP contribution < -0.4 is 10.5 Å². The van der Waals surface area contributed by atoms with E-state index >= 15 is 0 Å². The number of hydrogen-bond donors (Lipinski definition) is 2. The Morgan fingerprint density at radius 3 is 2.89 bits per heavy atom. The summed E-state index contributed by atoms with van der Waals surface area (Å²) in [5, 5.41) is 9.34. The predicted molar refractivity (Wildman–Crippen MR) is 102 cm³/mol. The Kier molecular flexibility index (Phi) is 5.64. The molecule has 0 bridgehead atoms. The van der Waals surface area contributed by atoms with Crippen LogP contribution in [-0.4, -0.2) is 26.9 Å². The molecule has 0 spiro atoms. The van der Waals surface area contributed by atoms with E-state index in [0.717, 1.165) is 24.8 Å². The lowest BCUT2D eigenvalue weighted by Gasteiger charge is -2.18. The maximum atomic E-state index is 12.3. The Balaban J connectivity index is 1.59. The van der Waals surface area contributed by atoms with Gasteiger partial charge >= 0.3 is 5.97 Å². The molecule has 0 radical (unpaired) electrons. The van der Waals surface area contributed by atoms with Crippen LogP contribution in [0, 0.1) is 5.92 Å². The molecule has 3 rings (SSSR count). The van der Waals surface area contributed by atoms with Crippen LogP contribution in [0.15, 0.2) is 34.5 Å². The van der Waals surface area contributed by atoms with Crippen molar-refractivity contribution in [1.82, 2.24) is 0 Å². The number of thiophene rings is 1. The van der Waals surface area contributed by atoms with Crippen LogP contribution in [0.2, 0.25) is 0 Å². The molecule has 0 saturated heterocycles. The summed E-state index contributed by atoms with van der Waals surface area (Å²) in [6.07, 6.45) is 2.84. The number of benzene rings is 1. The molecule has 1 aliphatic carbocycles. The van der Waals surface area contributed by atoms with Crippen LogP contribution in [0.5, 0.6) is 0 Å². The normalized spacial score (nSPS) is 16.4. The van der Waals surface area contributed by atoms with Gasteiger partial charge in [0.2, 0.25) is 10.0 Å². The number of amides is 1. The molecular weight excluding hydrogens is 388 g/mol. The first-order valence-corrected chi connectivity index (χ1v) is 10.9. The van der Waals surface area contributed by atoms with E-state index in [2.05, 4.69) is 12.2 Å².